The van der Waals surface area contributed by atoms with Crippen LogP contribution in [0.15, 0.2) is 42.5 Å². The maximum atomic E-state index is 13.0. The normalized spacial score (nSPS) is 10.8. The molecule has 0 atom stereocenters. The molecular formula is C15H12F4O. The zero-order valence-electron chi connectivity index (χ0n) is 10.5. The van der Waals surface area contributed by atoms with Crippen LogP contribution in [0.5, 0.6) is 5.75 Å². The van der Waals surface area contributed by atoms with Crippen LogP contribution < -0.4 is 4.74 Å². The van der Waals surface area contributed by atoms with Crippen molar-refractivity contribution < 1.29 is 22.3 Å². The fourth-order valence-electron chi connectivity index (χ4n) is 1.88. The van der Waals surface area contributed by atoms with Crippen LogP contribution in [-0.4, -0.2) is 6.61 Å². The number of alkyl halides is 2. The van der Waals surface area contributed by atoms with Crippen molar-refractivity contribution >= 4 is 0 Å². The van der Waals surface area contributed by atoms with Gasteiger partial charge in [0.05, 0.1) is 0 Å². The first-order valence-corrected chi connectivity index (χ1v) is 6.01. The smallest absolute Gasteiger partial charge is 0.387 e. The summed E-state index contributed by atoms with van der Waals surface area (Å²) in [5, 5.41) is 0. The molecular weight excluding hydrogens is 272 g/mol. The number of rotatable bonds is 5. The van der Waals surface area contributed by atoms with Gasteiger partial charge in [-0.1, -0.05) is 12.1 Å². The minimum Gasteiger partial charge on any atom is -0.435 e. The van der Waals surface area contributed by atoms with Crippen LogP contribution in [0, 0.1) is 11.6 Å². The summed E-state index contributed by atoms with van der Waals surface area (Å²) in [7, 11) is 0. The third kappa shape index (κ3) is 4.26. The molecule has 0 N–H and O–H groups in total. The first-order valence-electron chi connectivity index (χ1n) is 6.01. The van der Waals surface area contributed by atoms with Crippen LogP contribution in [0.2, 0.25) is 0 Å². The molecule has 0 aromatic heterocycles. The molecule has 0 aliphatic heterocycles. The summed E-state index contributed by atoms with van der Waals surface area (Å²) < 4.78 is 54.2. The molecule has 0 heterocycles. The van der Waals surface area contributed by atoms with Crippen molar-refractivity contribution in [2.75, 3.05) is 0 Å². The summed E-state index contributed by atoms with van der Waals surface area (Å²) in [6, 6.07) is 9.54. The fraction of sp³-hybridized carbons (Fsp3) is 0.200. The second-order valence-electron chi connectivity index (χ2n) is 4.30. The van der Waals surface area contributed by atoms with Crippen molar-refractivity contribution in [3.05, 3.63) is 65.2 Å². The highest BCUT2D eigenvalue weighted by molar-refractivity contribution is 5.28. The summed E-state index contributed by atoms with van der Waals surface area (Å²) in [5.41, 5.74) is 1.42. The van der Waals surface area contributed by atoms with Gasteiger partial charge in [0.25, 0.3) is 0 Å². The largest absolute Gasteiger partial charge is 0.435 e. The van der Waals surface area contributed by atoms with E-state index in [4.69, 9.17) is 0 Å². The standard InChI is InChI=1S/C15H12F4O/c16-12-7-11(8-13(17)9-12)2-1-10-3-5-14(6-4-10)20-15(18)19/h3-9,15H,1-2H2. The van der Waals surface area contributed by atoms with E-state index in [-0.39, 0.29) is 5.75 Å². The molecule has 2 aromatic rings. The molecule has 20 heavy (non-hydrogen) atoms. The van der Waals surface area contributed by atoms with Crippen LogP contribution in [0.4, 0.5) is 17.6 Å². The molecule has 0 bridgehead atoms. The molecule has 0 radical (unpaired) electrons. The average molecular weight is 284 g/mol. The van der Waals surface area contributed by atoms with E-state index in [0.717, 1.165) is 11.6 Å². The van der Waals surface area contributed by atoms with Gasteiger partial charge in [-0.15, -0.1) is 0 Å². The molecule has 0 saturated heterocycles. The molecule has 0 saturated carbocycles. The monoisotopic (exact) mass is 284 g/mol. The lowest BCUT2D eigenvalue weighted by Gasteiger charge is -2.06. The first-order chi connectivity index (χ1) is 9.52. The topological polar surface area (TPSA) is 9.23 Å². The highest BCUT2D eigenvalue weighted by Crippen LogP contribution is 2.17. The predicted molar refractivity (Wildman–Crippen MR) is 66.8 cm³/mol. The number of hydrogen-bond acceptors (Lipinski definition) is 1. The van der Waals surface area contributed by atoms with Crippen LogP contribution in [0.1, 0.15) is 11.1 Å². The van der Waals surface area contributed by atoms with Crippen LogP contribution >= 0.6 is 0 Å². The SMILES string of the molecule is Fc1cc(F)cc(CCc2ccc(OC(F)F)cc2)c1. The van der Waals surface area contributed by atoms with Gasteiger partial charge in [-0.2, -0.15) is 8.78 Å². The summed E-state index contributed by atoms with van der Waals surface area (Å²) in [5.74, 6) is -1.14. The number of ether oxygens (including phenoxy) is 1. The maximum Gasteiger partial charge on any atom is 0.387 e. The number of benzene rings is 2. The molecule has 5 heteroatoms. The highest BCUT2D eigenvalue weighted by Gasteiger charge is 2.05. The lowest BCUT2D eigenvalue weighted by molar-refractivity contribution is -0.0498. The number of aryl methyl sites for hydroxylation is 2. The van der Waals surface area contributed by atoms with E-state index in [9.17, 15) is 17.6 Å². The quantitative estimate of drug-likeness (QED) is 0.742. The molecule has 0 amide bonds. The average Bonchev–Trinajstić information content (AvgIpc) is 2.36. The van der Waals surface area contributed by atoms with E-state index in [1.165, 1.54) is 24.3 Å². The summed E-state index contributed by atoms with van der Waals surface area (Å²) in [6.07, 6.45) is 1.02. The summed E-state index contributed by atoms with van der Waals surface area (Å²) >= 11 is 0. The highest BCUT2D eigenvalue weighted by atomic mass is 19.3. The van der Waals surface area contributed by atoms with Crippen molar-refractivity contribution in [1.82, 2.24) is 0 Å². The Morgan fingerprint density at radius 1 is 0.800 bits per heavy atom. The van der Waals surface area contributed by atoms with Gasteiger partial charge in [0, 0.05) is 6.07 Å². The molecule has 2 rings (SSSR count). The van der Waals surface area contributed by atoms with Crippen molar-refractivity contribution in [3.8, 4) is 5.75 Å². The number of hydrogen-bond donors (Lipinski definition) is 0. The zero-order chi connectivity index (χ0) is 14.5. The van der Waals surface area contributed by atoms with E-state index in [0.29, 0.717) is 18.4 Å². The van der Waals surface area contributed by atoms with Crippen LogP contribution in [0.25, 0.3) is 0 Å². The molecule has 0 aliphatic rings. The van der Waals surface area contributed by atoms with E-state index < -0.39 is 18.2 Å². The molecule has 1 nitrogen and oxygen atoms in total. The maximum absolute atomic E-state index is 13.0. The van der Waals surface area contributed by atoms with Gasteiger partial charge < -0.3 is 4.74 Å². The summed E-state index contributed by atoms with van der Waals surface area (Å²) in [6.45, 7) is -2.85. The third-order valence-corrected chi connectivity index (χ3v) is 2.77. The van der Waals surface area contributed by atoms with Gasteiger partial charge in [0.1, 0.15) is 17.4 Å². The Balaban J connectivity index is 1.96. The first kappa shape index (κ1) is 14.4. The lowest BCUT2D eigenvalue weighted by Crippen LogP contribution is -2.01. The van der Waals surface area contributed by atoms with Crippen LogP contribution in [-0.2, 0) is 12.8 Å². The minimum atomic E-state index is -2.85. The van der Waals surface area contributed by atoms with E-state index in [1.807, 2.05) is 0 Å². The van der Waals surface area contributed by atoms with Gasteiger partial charge in [-0.05, 0) is 48.2 Å². The zero-order valence-corrected chi connectivity index (χ0v) is 10.5. The van der Waals surface area contributed by atoms with Gasteiger partial charge in [-0.25, -0.2) is 8.78 Å². The summed E-state index contributed by atoms with van der Waals surface area (Å²) in [4.78, 5) is 0. The van der Waals surface area contributed by atoms with Gasteiger partial charge in [-0.3, -0.25) is 0 Å². The van der Waals surface area contributed by atoms with Gasteiger partial charge in [0.2, 0.25) is 0 Å². The van der Waals surface area contributed by atoms with Crippen molar-refractivity contribution in [1.29, 1.82) is 0 Å². The molecule has 2 aromatic carbocycles. The Labute approximate surface area is 113 Å². The van der Waals surface area contributed by atoms with Gasteiger partial charge in [0.15, 0.2) is 0 Å². The second kappa shape index (κ2) is 6.41. The number of halogens is 4. The Bertz CT molecular complexity index is 546. The van der Waals surface area contributed by atoms with Crippen molar-refractivity contribution in [2.24, 2.45) is 0 Å². The Morgan fingerprint density at radius 2 is 1.35 bits per heavy atom. The van der Waals surface area contributed by atoms with E-state index in [2.05, 4.69) is 4.74 Å². The molecule has 0 aliphatic carbocycles. The lowest BCUT2D eigenvalue weighted by atomic mass is 10.0. The second-order valence-corrected chi connectivity index (χ2v) is 4.30. The van der Waals surface area contributed by atoms with Crippen molar-refractivity contribution in [2.45, 2.75) is 19.5 Å². The Kier molecular flexibility index (Phi) is 4.61. The van der Waals surface area contributed by atoms with Crippen LogP contribution in [0.3, 0.4) is 0 Å². The molecule has 0 fully saturated rings. The van der Waals surface area contributed by atoms with E-state index >= 15 is 0 Å². The predicted octanol–water partition coefficient (Wildman–Crippen LogP) is 4.35. The van der Waals surface area contributed by atoms with E-state index in [1.54, 1.807) is 12.1 Å². The fourth-order valence-corrected chi connectivity index (χ4v) is 1.88. The molecule has 0 spiro atoms. The van der Waals surface area contributed by atoms with Gasteiger partial charge >= 0.3 is 6.61 Å². The Morgan fingerprint density at radius 3 is 1.90 bits per heavy atom. The van der Waals surface area contributed by atoms with Crippen molar-refractivity contribution in [3.63, 3.8) is 0 Å². The third-order valence-electron chi connectivity index (χ3n) is 2.77. The Hall–Kier alpha value is -2.04. The minimum absolute atomic E-state index is 0.0838. The molecule has 106 valence electrons. The molecule has 0 unspecified atom stereocenters.